The normalized spacial score (nSPS) is 12.4. The van der Waals surface area contributed by atoms with Gasteiger partial charge in [0.1, 0.15) is 10.0 Å². The highest BCUT2D eigenvalue weighted by molar-refractivity contribution is 8.13. The zero-order chi connectivity index (χ0) is 58.8. The number of primary sulfonamides is 2. The van der Waals surface area contributed by atoms with E-state index in [1.54, 1.807) is 44.4 Å². The minimum absolute atomic E-state index is 0.0396. The molecule has 0 saturated heterocycles. The van der Waals surface area contributed by atoms with Crippen LogP contribution in [0.15, 0.2) is 84.9 Å². The average molecular weight is 1240 g/mol. The maximum atomic E-state index is 13.0. The molecule has 4 amide bonds. The molecule has 2 heterocycles. The Hall–Kier alpha value is -5.70. The van der Waals surface area contributed by atoms with Crippen molar-refractivity contribution in [1.29, 1.82) is 0 Å². The number of aromatic nitrogens is 2. The first-order chi connectivity index (χ1) is 36.9. The van der Waals surface area contributed by atoms with E-state index in [0.29, 0.717) is 52.5 Å². The molecular formula is C48H58ClF3N8O13S6. The lowest BCUT2D eigenvalue weighted by Crippen LogP contribution is -2.38. The largest absolute Gasteiger partial charge is 0.390 e. The summed E-state index contributed by atoms with van der Waals surface area (Å²) in [5.74, 6) is -3.61. The second kappa shape index (κ2) is 29.7. The molecule has 4 aromatic carbocycles. The molecular weight excluding hydrogens is 1180 g/mol. The number of thiazole rings is 2. The quantitative estimate of drug-likeness (QED) is 0.0336. The Morgan fingerprint density at radius 1 is 0.633 bits per heavy atom. The van der Waals surface area contributed by atoms with Crippen molar-refractivity contribution in [2.24, 2.45) is 10.3 Å². The van der Waals surface area contributed by atoms with Gasteiger partial charge in [-0.25, -0.2) is 53.9 Å². The average Bonchev–Trinajstić information content (AvgIpc) is 4.05. The molecule has 0 aliphatic heterocycles. The molecule has 2 aromatic heterocycles. The number of carbonyl (C=O) groups is 4. The lowest BCUT2D eigenvalue weighted by Gasteiger charge is -2.15. The van der Waals surface area contributed by atoms with Crippen molar-refractivity contribution >= 4 is 116 Å². The number of nitrogens with one attached hydrogen (secondary N) is 4. The van der Waals surface area contributed by atoms with Gasteiger partial charge >= 0.3 is 6.18 Å². The first-order valence-corrected chi connectivity index (χ1v) is 33.0. The van der Waals surface area contributed by atoms with Gasteiger partial charge < -0.3 is 26.0 Å². The van der Waals surface area contributed by atoms with E-state index in [0.717, 1.165) is 50.2 Å². The summed E-state index contributed by atoms with van der Waals surface area (Å²) in [6, 6.07) is 25.6. The third-order valence-corrected chi connectivity index (χ3v) is 17.6. The number of ether oxygens (including phenoxy) is 1. The fourth-order valence-corrected chi connectivity index (χ4v) is 12.5. The number of nitrogens with zero attached hydrogens (tertiary/aromatic N) is 2. The van der Waals surface area contributed by atoms with Crippen LogP contribution in [0.3, 0.4) is 0 Å². The van der Waals surface area contributed by atoms with Gasteiger partial charge in [-0.3, -0.25) is 19.2 Å². The van der Waals surface area contributed by atoms with Gasteiger partial charge in [0.15, 0.2) is 15.1 Å². The van der Waals surface area contributed by atoms with Gasteiger partial charge in [-0.1, -0.05) is 50.2 Å². The molecule has 1 unspecified atom stereocenters. The number of alkyl halides is 3. The number of sulfone groups is 1. The number of hydrogen-bond acceptors (Lipinski definition) is 17. The number of sulfonamides is 2. The molecule has 21 nitrogen and oxygen atoms in total. The van der Waals surface area contributed by atoms with Gasteiger partial charge in [0, 0.05) is 55.1 Å². The Morgan fingerprint density at radius 2 is 1.14 bits per heavy atom. The molecule has 0 spiro atoms. The highest BCUT2D eigenvalue weighted by atomic mass is 35.7. The molecule has 6 aromatic rings. The van der Waals surface area contributed by atoms with Gasteiger partial charge in [-0.15, -0.1) is 22.7 Å². The van der Waals surface area contributed by atoms with E-state index in [2.05, 4.69) is 41.9 Å². The highest BCUT2D eigenvalue weighted by Crippen LogP contribution is 2.35. The molecule has 31 heteroatoms. The van der Waals surface area contributed by atoms with Gasteiger partial charge in [0.25, 0.3) is 11.8 Å². The van der Waals surface area contributed by atoms with Gasteiger partial charge in [0.2, 0.25) is 40.9 Å². The van der Waals surface area contributed by atoms with Crippen LogP contribution in [-0.2, 0) is 59.7 Å². The van der Waals surface area contributed by atoms with Crippen LogP contribution in [0.2, 0.25) is 0 Å². The van der Waals surface area contributed by atoms with E-state index in [1.807, 2.05) is 61.5 Å². The van der Waals surface area contributed by atoms with E-state index in [9.17, 15) is 66.0 Å². The van der Waals surface area contributed by atoms with Crippen molar-refractivity contribution < 1.29 is 70.8 Å². The SMILES string of the molecule is CCCNC(=O)c1cccc(-c2ccc3nc(C(C(=O)NCCS(N)(=O)=O)S(=O)(=O)CCC)sc3c2)c1.COCCNC(=O)c1cccc(-c2ccc3nc(CC(=O)NCCS(N)(=O)=O)sc3c2)c1.O=S(=O)(Cl)CCC(F)(F)F. The van der Waals surface area contributed by atoms with E-state index in [1.165, 1.54) is 11.3 Å². The molecule has 6 rings (SSSR count). The zero-order valence-corrected chi connectivity index (χ0v) is 48.3. The molecule has 0 radical (unpaired) electrons. The third-order valence-electron chi connectivity index (χ3n) is 10.5. The van der Waals surface area contributed by atoms with Gasteiger partial charge in [-0.05, 0) is 83.6 Å². The number of hydrogen-bond donors (Lipinski definition) is 6. The molecule has 0 aliphatic rings. The first-order valence-electron chi connectivity index (χ1n) is 23.7. The smallest absolute Gasteiger partial charge is 0.383 e. The first kappa shape index (κ1) is 65.8. The molecule has 0 fully saturated rings. The van der Waals surface area contributed by atoms with Gasteiger partial charge in [0.05, 0.1) is 62.9 Å². The monoisotopic (exact) mass is 1240 g/mol. The molecule has 8 N–H and O–H groups in total. The zero-order valence-electron chi connectivity index (χ0n) is 42.7. The summed E-state index contributed by atoms with van der Waals surface area (Å²) in [6.07, 6.45) is -4.66. The van der Waals surface area contributed by atoms with E-state index in [-0.39, 0.29) is 53.7 Å². The fraction of sp³-hybridized carbons (Fsp3) is 0.375. The summed E-state index contributed by atoms with van der Waals surface area (Å²) < 4.78 is 130. The standard InChI is InChI=1S/C24H30N4O6S3.C21H24N4O5S2.C3H4ClF3O2S/c1-3-10-26-22(29)18-7-5-6-16(14-18)17-8-9-19-20(15-17)35-24(28-19)21(36(31,32)12-4-2)23(30)27-11-13-37(25,33)34;1-30-9-7-24-21(27)16-4-2-3-14(11-16)15-5-6-17-18(12-15)31-20(25-17)13-19(26)23-8-10-32(22,28)29;4-10(8,9)2-1-3(5,6)7/h5-9,14-15,21H,3-4,10-13H2,1-2H3,(H,26,29)(H,27,30)(H2,25,33,34);2-6,11-12H,7-10,13H2,1H3,(H,23,26)(H,24,27)(H2,22,28,29);1-2H2. The number of nitrogens with two attached hydrogens (primary N) is 2. The minimum atomic E-state index is -4.46. The number of amides is 4. The maximum Gasteiger partial charge on any atom is 0.390 e. The Labute approximate surface area is 467 Å². The Morgan fingerprint density at radius 3 is 1.62 bits per heavy atom. The topological polar surface area (TPSA) is 340 Å². The van der Waals surface area contributed by atoms with Crippen molar-refractivity contribution in [3.63, 3.8) is 0 Å². The summed E-state index contributed by atoms with van der Waals surface area (Å²) >= 11 is 2.47. The molecule has 432 valence electrons. The second-order valence-corrected chi connectivity index (χ2v) is 27.8. The van der Waals surface area contributed by atoms with Crippen LogP contribution in [0.4, 0.5) is 13.2 Å². The van der Waals surface area contributed by atoms with E-state index < -0.39 is 74.2 Å². The van der Waals surface area contributed by atoms with Crippen molar-refractivity contribution in [2.45, 2.75) is 51.0 Å². The van der Waals surface area contributed by atoms with Crippen LogP contribution in [0.25, 0.3) is 42.7 Å². The Kier molecular flexibility index (Phi) is 24.7. The number of rotatable bonds is 24. The van der Waals surface area contributed by atoms with Crippen LogP contribution in [0, 0.1) is 0 Å². The number of halogens is 4. The molecule has 0 saturated carbocycles. The van der Waals surface area contributed by atoms with Crippen molar-refractivity contribution in [3.05, 3.63) is 106 Å². The van der Waals surface area contributed by atoms with Crippen molar-refractivity contribution in [1.82, 2.24) is 31.2 Å². The van der Waals surface area contributed by atoms with E-state index >= 15 is 0 Å². The van der Waals surface area contributed by atoms with Crippen LogP contribution < -0.4 is 31.5 Å². The lowest BCUT2D eigenvalue weighted by atomic mass is 10.0. The summed E-state index contributed by atoms with van der Waals surface area (Å²) in [5, 5.41) is 19.6. The maximum absolute atomic E-state index is 13.0. The Bertz CT molecular complexity index is 3570. The number of methoxy groups -OCH3 is 1. The van der Waals surface area contributed by atoms with Gasteiger partial charge in [-0.2, -0.15) is 13.2 Å². The van der Waals surface area contributed by atoms with Crippen LogP contribution >= 0.6 is 33.4 Å². The van der Waals surface area contributed by atoms with Crippen LogP contribution in [0.1, 0.15) is 69.1 Å². The predicted molar refractivity (Wildman–Crippen MR) is 300 cm³/mol. The van der Waals surface area contributed by atoms with E-state index in [4.69, 9.17) is 15.0 Å². The minimum Gasteiger partial charge on any atom is -0.383 e. The number of fused-ring (bicyclic) bond motifs is 2. The summed E-state index contributed by atoms with van der Waals surface area (Å²) in [6.45, 7) is 4.77. The summed E-state index contributed by atoms with van der Waals surface area (Å²) in [4.78, 5) is 58.5. The van der Waals surface area contributed by atoms with Crippen molar-refractivity contribution in [2.75, 3.05) is 62.9 Å². The van der Waals surface area contributed by atoms with Crippen LogP contribution in [0.5, 0.6) is 0 Å². The summed E-state index contributed by atoms with van der Waals surface area (Å²) in [5.41, 5.74) is 5.79. The second-order valence-electron chi connectivity index (χ2n) is 17.1. The molecule has 79 heavy (non-hydrogen) atoms. The van der Waals surface area contributed by atoms with Crippen LogP contribution in [-0.4, -0.2) is 136 Å². The summed E-state index contributed by atoms with van der Waals surface area (Å²) in [7, 11) is -9.27. The molecule has 0 bridgehead atoms. The Balaban J connectivity index is 0.000000292. The third kappa shape index (κ3) is 23.1. The number of carbonyl (C=O) groups excluding carboxylic acids is 4. The lowest BCUT2D eigenvalue weighted by molar-refractivity contribution is -0.130. The predicted octanol–water partition coefficient (Wildman–Crippen LogP) is 5.17. The number of benzene rings is 4. The fourth-order valence-electron chi connectivity index (χ4n) is 6.86. The highest BCUT2D eigenvalue weighted by Gasteiger charge is 2.36. The van der Waals surface area contributed by atoms with Crippen molar-refractivity contribution in [3.8, 4) is 22.3 Å². The molecule has 1 atom stereocenters. The molecule has 0 aliphatic carbocycles.